The normalized spacial score (nSPS) is 20.6. The summed E-state index contributed by atoms with van der Waals surface area (Å²) < 4.78 is 0. The third-order valence-electron chi connectivity index (χ3n) is 3.50. The number of rotatable bonds is 3. The van der Waals surface area contributed by atoms with Crippen LogP contribution in [0.15, 0.2) is 18.3 Å². The molecule has 1 aromatic rings. The van der Waals surface area contributed by atoms with E-state index < -0.39 is 0 Å². The van der Waals surface area contributed by atoms with Gasteiger partial charge in [-0.3, -0.25) is 0 Å². The van der Waals surface area contributed by atoms with Crippen LogP contribution in [0, 0.1) is 0 Å². The van der Waals surface area contributed by atoms with E-state index in [1.54, 1.807) is 6.20 Å². The molecule has 0 bridgehead atoms. The Kier molecular flexibility index (Phi) is 4.69. The molecule has 3 nitrogen and oxygen atoms in total. The largest absolute Gasteiger partial charge is 0.352 e. The molecule has 1 aromatic heterocycles. The summed E-state index contributed by atoms with van der Waals surface area (Å²) in [6.45, 7) is 8.72. The molecular weight excluding hydrogens is 258 g/mol. The minimum Gasteiger partial charge on any atom is -0.352 e. The Morgan fingerprint density at radius 2 is 2.16 bits per heavy atom. The first kappa shape index (κ1) is 14.6. The Labute approximate surface area is 121 Å². The fourth-order valence-electron chi connectivity index (χ4n) is 2.48. The van der Waals surface area contributed by atoms with Gasteiger partial charge in [0, 0.05) is 30.9 Å². The van der Waals surface area contributed by atoms with Gasteiger partial charge >= 0.3 is 0 Å². The fourth-order valence-corrected chi connectivity index (χ4v) is 2.59. The van der Waals surface area contributed by atoms with E-state index in [-0.39, 0.29) is 5.54 Å². The van der Waals surface area contributed by atoms with Crippen molar-refractivity contribution in [2.45, 2.75) is 51.6 Å². The Bertz CT molecular complexity index is 397. The van der Waals surface area contributed by atoms with Crippen molar-refractivity contribution in [3.63, 3.8) is 0 Å². The van der Waals surface area contributed by atoms with Gasteiger partial charge in [-0.2, -0.15) is 0 Å². The monoisotopic (exact) mass is 281 g/mol. The summed E-state index contributed by atoms with van der Waals surface area (Å²) in [7, 11) is 0. The van der Waals surface area contributed by atoms with Gasteiger partial charge in [-0.15, -0.1) is 0 Å². The molecular formula is C15H24ClN3. The van der Waals surface area contributed by atoms with Crippen LogP contribution in [0.2, 0.25) is 5.02 Å². The lowest BCUT2D eigenvalue weighted by Gasteiger charge is -2.38. The van der Waals surface area contributed by atoms with Crippen LogP contribution >= 0.6 is 11.6 Å². The molecule has 2 rings (SSSR count). The standard InChI is InChI=1S/C15H24ClN3/c1-15(2,3)18-11-13-6-4-5-9-19(13)14-8-7-12(16)10-17-14/h7-8,10,13,18H,4-6,9,11H2,1-3H3. The lowest BCUT2D eigenvalue weighted by molar-refractivity contribution is 0.365. The van der Waals surface area contributed by atoms with E-state index in [0.717, 1.165) is 18.9 Å². The summed E-state index contributed by atoms with van der Waals surface area (Å²) in [4.78, 5) is 6.88. The van der Waals surface area contributed by atoms with E-state index in [9.17, 15) is 0 Å². The average molecular weight is 282 g/mol. The molecule has 1 saturated heterocycles. The van der Waals surface area contributed by atoms with E-state index in [1.807, 2.05) is 12.1 Å². The zero-order valence-electron chi connectivity index (χ0n) is 12.1. The summed E-state index contributed by atoms with van der Waals surface area (Å²) >= 11 is 5.91. The van der Waals surface area contributed by atoms with Crippen molar-refractivity contribution in [3.05, 3.63) is 23.4 Å². The van der Waals surface area contributed by atoms with Gasteiger partial charge in [0.2, 0.25) is 0 Å². The van der Waals surface area contributed by atoms with Crippen molar-refractivity contribution in [2.75, 3.05) is 18.0 Å². The Morgan fingerprint density at radius 3 is 2.79 bits per heavy atom. The van der Waals surface area contributed by atoms with E-state index in [2.05, 4.69) is 36.0 Å². The average Bonchev–Trinajstić information content (AvgIpc) is 2.37. The number of nitrogens with zero attached hydrogens (tertiary/aromatic N) is 2. The molecule has 1 unspecified atom stereocenters. The van der Waals surface area contributed by atoms with Crippen molar-refractivity contribution < 1.29 is 0 Å². The maximum absolute atomic E-state index is 5.91. The van der Waals surface area contributed by atoms with Crippen molar-refractivity contribution in [1.82, 2.24) is 10.3 Å². The number of piperidine rings is 1. The molecule has 0 aliphatic carbocycles. The topological polar surface area (TPSA) is 28.2 Å². The number of aromatic nitrogens is 1. The lowest BCUT2D eigenvalue weighted by atomic mass is 10.0. The summed E-state index contributed by atoms with van der Waals surface area (Å²) in [5.41, 5.74) is 0.163. The zero-order chi connectivity index (χ0) is 13.9. The van der Waals surface area contributed by atoms with Crippen molar-refractivity contribution >= 4 is 17.4 Å². The van der Waals surface area contributed by atoms with Gasteiger partial charge in [0.15, 0.2) is 0 Å². The van der Waals surface area contributed by atoms with Gasteiger partial charge in [-0.1, -0.05) is 11.6 Å². The third-order valence-corrected chi connectivity index (χ3v) is 3.72. The van der Waals surface area contributed by atoms with Gasteiger partial charge in [-0.05, 0) is 52.2 Å². The molecule has 19 heavy (non-hydrogen) atoms. The smallest absolute Gasteiger partial charge is 0.128 e. The number of nitrogens with one attached hydrogen (secondary N) is 1. The first-order valence-corrected chi connectivity index (χ1v) is 7.47. The maximum Gasteiger partial charge on any atom is 0.128 e. The van der Waals surface area contributed by atoms with Gasteiger partial charge in [0.25, 0.3) is 0 Å². The highest BCUT2D eigenvalue weighted by atomic mass is 35.5. The van der Waals surface area contributed by atoms with E-state index in [1.165, 1.54) is 19.3 Å². The molecule has 106 valence electrons. The second kappa shape index (κ2) is 6.10. The van der Waals surface area contributed by atoms with Crippen molar-refractivity contribution in [2.24, 2.45) is 0 Å². The number of anilines is 1. The molecule has 0 saturated carbocycles. The van der Waals surface area contributed by atoms with E-state index in [0.29, 0.717) is 11.1 Å². The molecule has 0 spiro atoms. The third kappa shape index (κ3) is 4.36. The molecule has 2 heterocycles. The fraction of sp³-hybridized carbons (Fsp3) is 0.667. The van der Waals surface area contributed by atoms with Crippen LogP contribution in [0.3, 0.4) is 0 Å². The number of hydrogen-bond donors (Lipinski definition) is 1. The van der Waals surface area contributed by atoms with E-state index in [4.69, 9.17) is 11.6 Å². The van der Waals surface area contributed by atoms with Crippen LogP contribution in [0.5, 0.6) is 0 Å². The highest BCUT2D eigenvalue weighted by Gasteiger charge is 2.24. The Hall–Kier alpha value is -0.800. The molecule has 0 aromatic carbocycles. The number of halogens is 1. The molecule has 4 heteroatoms. The minimum absolute atomic E-state index is 0.163. The Morgan fingerprint density at radius 1 is 1.37 bits per heavy atom. The van der Waals surface area contributed by atoms with Gasteiger partial charge in [-0.25, -0.2) is 4.98 Å². The summed E-state index contributed by atoms with van der Waals surface area (Å²) in [5.74, 6) is 1.05. The van der Waals surface area contributed by atoms with Crippen LogP contribution in [-0.2, 0) is 0 Å². The number of hydrogen-bond acceptors (Lipinski definition) is 3. The number of pyridine rings is 1. The molecule has 1 N–H and O–H groups in total. The van der Waals surface area contributed by atoms with E-state index >= 15 is 0 Å². The van der Waals surface area contributed by atoms with Gasteiger partial charge < -0.3 is 10.2 Å². The van der Waals surface area contributed by atoms with Crippen LogP contribution in [0.4, 0.5) is 5.82 Å². The SMILES string of the molecule is CC(C)(C)NCC1CCCCN1c1ccc(Cl)cn1. The predicted molar refractivity (Wildman–Crippen MR) is 82.0 cm³/mol. The molecule has 1 aliphatic rings. The van der Waals surface area contributed by atoms with Crippen LogP contribution in [0.25, 0.3) is 0 Å². The highest BCUT2D eigenvalue weighted by Crippen LogP contribution is 2.24. The zero-order valence-corrected chi connectivity index (χ0v) is 12.9. The van der Waals surface area contributed by atoms with Gasteiger partial charge in [0.05, 0.1) is 5.02 Å². The lowest BCUT2D eigenvalue weighted by Crippen LogP contribution is -2.50. The van der Waals surface area contributed by atoms with Crippen LogP contribution < -0.4 is 10.2 Å². The molecule has 1 aliphatic heterocycles. The van der Waals surface area contributed by atoms with Crippen LogP contribution in [0.1, 0.15) is 40.0 Å². The molecule has 0 radical (unpaired) electrons. The minimum atomic E-state index is 0.163. The molecule has 1 fully saturated rings. The first-order chi connectivity index (χ1) is 8.96. The summed E-state index contributed by atoms with van der Waals surface area (Å²) in [6, 6.07) is 4.48. The second-order valence-electron chi connectivity index (χ2n) is 6.31. The molecule has 1 atom stereocenters. The second-order valence-corrected chi connectivity index (χ2v) is 6.74. The maximum atomic E-state index is 5.91. The first-order valence-electron chi connectivity index (χ1n) is 7.09. The predicted octanol–water partition coefficient (Wildman–Crippen LogP) is 3.48. The molecule has 0 amide bonds. The summed E-state index contributed by atoms with van der Waals surface area (Å²) in [5, 5.41) is 4.31. The quantitative estimate of drug-likeness (QED) is 0.919. The van der Waals surface area contributed by atoms with Crippen molar-refractivity contribution in [3.8, 4) is 0 Å². The summed E-state index contributed by atoms with van der Waals surface area (Å²) in [6.07, 6.45) is 5.52. The Balaban J connectivity index is 2.05. The van der Waals surface area contributed by atoms with Gasteiger partial charge in [0.1, 0.15) is 5.82 Å². The highest BCUT2D eigenvalue weighted by molar-refractivity contribution is 6.30. The van der Waals surface area contributed by atoms with Crippen LogP contribution in [-0.4, -0.2) is 29.7 Å². The van der Waals surface area contributed by atoms with Crippen molar-refractivity contribution in [1.29, 1.82) is 0 Å².